The average molecular weight is 686 g/mol. The number of pyridine rings is 1. The van der Waals surface area contributed by atoms with Gasteiger partial charge in [0.1, 0.15) is 17.5 Å². The number of halogens is 2. The third-order valence-corrected chi connectivity index (χ3v) is 9.70. The van der Waals surface area contributed by atoms with Crippen LogP contribution in [0.2, 0.25) is 0 Å². The summed E-state index contributed by atoms with van der Waals surface area (Å²) in [6, 6.07) is 15.6. The highest BCUT2D eigenvalue weighted by Crippen LogP contribution is 2.36. The molecule has 2 fully saturated rings. The summed E-state index contributed by atoms with van der Waals surface area (Å²) in [5.41, 5.74) is 3.62. The molecule has 50 heavy (non-hydrogen) atoms. The van der Waals surface area contributed by atoms with Crippen LogP contribution in [0, 0.1) is 30.4 Å². The Morgan fingerprint density at radius 1 is 1.00 bits per heavy atom. The predicted octanol–water partition coefficient (Wildman–Crippen LogP) is 5.85. The Labute approximate surface area is 291 Å². The Morgan fingerprint density at radius 3 is 2.60 bits per heavy atom. The monoisotopic (exact) mass is 685 g/mol. The maximum absolute atomic E-state index is 15.1. The van der Waals surface area contributed by atoms with E-state index < -0.39 is 23.5 Å². The molecule has 4 aromatic rings. The summed E-state index contributed by atoms with van der Waals surface area (Å²) in [5, 5.41) is 6.34. The van der Waals surface area contributed by atoms with E-state index in [2.05, 4.69) is 55.5 Å². The van der Waals surface area contributed by atoms with E-state index in [1.807, 2.05) is 35.9 Å². The minimum absolute atomic E-state index is 0.0862. The minimum Gasteiger partial charge on any atom is -0.466 e. The number of hydrogen-bond acceptors (Lipinski definition) is 8. The van der Waals surface area contributed by atoms with Crippen molar-refractivity contribution in [1.29, 1.82) is 0 Å². The fraction of sp³-hybridized carbons (Fsp3) is 0.421. The first-order valence-corrected chi connectivity index (χ1v) is 17.4. The van der Waals surface area contributed by atoms with E-state index >= 15 is 4.39 Å². The molecule has 12 heteroatoms. The lowest BCUT2D eigenvalue weighted by atomic mass is 9.88. The summed E-state index contributed by atoms with van der Waals surface area (Å²) < 4.78 is 36.1. The van der Waals surface area contributed by atoms with Gasteiger partial charge in [0.2, 0.25) is 11.9 Å². The first-order chi connectivity index (χ1) is 24.3. The number of rotatable bonds is 13. The van der Waals surface area contributed by atoms with Crippen molar-refractivity contribution in [2.75, 3.05) is 61.4 Å². The van der Waals surface area contributed by atoms with Gasteiger partial charge in [-0.15, -0.1) is 0 Å². The molecule has 1 amide bonds. The lowest BCUT2D eigenvalue weighted by Gasteiger charge is -2.34. The van der Waals surface area contributed by atoms with Crippen LogP contribution in [-0.2, 0) is 20.9 Å². The third-order valence-electron chi connectivity index (χ3n) is 9.70. The van der Waals surface area contributed by atoms with E-state index in [4.69, 9.17) is 4.74 Å². The van der Waals surface area contributed by atoms with Gasteiger partial charge >= 0.3 is 5.97 Å². The van der Waals surface area contributed by atoms with Crippen molar-refractivity contribution in [1.82, 2.24) is 19.4 Å². The summed E-state index contributed by atoms with van der Waals surface area (Å²) in [6.07, 6.45) is 7.48. The molecule has 0 saturated carbocycles. The second-order valence-electron chi connectivity index (χ2n) is 13.1. The number of imidazole rings is 1. The number of likely N-dealkylation sites (tertiary alicyclic amines) is 1. The van der Waals surface area contributed by atoms with Crippen LogP contribution in [0.5, 0.6) is 0 Å². The molecule has 2 N–H and O–H groups in total. The van der Waals surface area contributed by atoms with Gasteiger partial charge in [0, 0.05) is 69.0 Å². The van der Waals surface area contributed by atoms with Crippen LogP contribution in [-0.4, -0.2) is 77.2 Å². The van der Waals surface area contributed by atoms with E-state index in [1.165, 1.54) is 12.1 Å². The van der Waals surface area contributed by atoms with Gasteiger partial charge in [-0.05, 0) is 80.6 Å². The molecule has 2 aliphatic heterocycles. The number of carbonyl (C=O) groups excluding carboxylic acids is 2. The van der Waals surface area contributed by atoms with Crippen molar-refractivity contribution in [3.8, 4) is 0 Å². The van der Waals surface area contributed by atoms with Gasteiger partial charge in [-0.25, -0.2) is 18.7 Å². The Hall–Kier alpha value is -4.84. The molecule has 10 nitrogen and oxygen atoms in total. The van der Waals surface area contributed by atoms with Crippen molar-refractivity contribution in [2.24, 2.45) is 11.8 Å². The predicted molar refractivity (Wildman–Crippen MR) is 189 cm³/mol. The molecule has 2 aromatic heterocycles. The van der Waals surface area contributed by atoms with Gasteiger partial charge in [0.15, 0.2) is 0 Å². The van der Waals surface area contributed by atoms with Crippen LogP contribution in [0.15, 0.2) is 73.2 Å². The largest absolute Gasteiger partial charge is 0.466 e. The highest BCUT2D eigenvalue weighted by atomic mass is 19.1. The molecule has 6 rings (SSSR count). The lowest BCUT2D eigenvalue weighted by molar-refractivity contribution is -0.148. The van der Waals surface area contributed by atoms with Crippen LogP contribution < -0.4 is 15.5 Å². The van der Waals surface area contributed by atoms with Crippen LogP contribution in [0.25, 0.3) is 0 Å². The number of esters is 1. The molecule has 2 aromatic carbocycles. The van der Waals surface area contributed by atoms with E-state index in [9.17, 15) is 14.0 Å². The topological polar surface area (TPSA) is 105 Å². The van der Waals surface area contributed by atoms with Crippen LogP contribution >= 0.6 is 0 Å². The van der Waals surface area contributed by atoms with Crippen molar-refractivity contribution in [3.05, 3.63) is 102 Å². The van der Waals surface area contributed by atoms with Crippen molar-refractivity contribution in [3.63, 3.8) is 0 Å². The molecule has 264 valence electrons. The van der Waals surface area contributed by atoms with Crippen molar-refractivity contribution in [2.45, 2.75) is 45.6 Å². The number of nitrogens with one attached hydrogen (secondary N) is 2. The van der Waals surface area contributed by atoms with Crippen molar-refractivity contribution < 1.29 is 23.1 Å². The average Bonchev–Trinajstić information content (AvgIpc) is 3.75. The second-order valence-corrected chi connectivity index (χ2v) is 13.1. The Morgan fingerprint density at radius 2 is 1.84 bits per heavy atom. The zero-order chi connectivity index (χ0) is 35.0. The van der Waals surface area contributed by atoms with E-state index in [0.717, 1.165) is 61.1 Å². The number of benzene rings is 2. The minimum atomic E-state index is -0.649. The molecule has 2 saturated heterocycles. The van der Waals surface area contributed by atoms with Gasteiger partial charge in [-0.2, -0.15) is 0 Å². The number of piperidine rings is 1. The number of nitrogens with zero attached hydrogens (tertiary/aromatic N) is 5. The molecule has 2 atom stereocenters. The quantitative estimate of drug-likeness (QED) is 0.134. The van der Waals surface area contributed by atoms with Gasteiger partial charge in [-0.1, -0.05) is 24.3 Å². The first kappa shape index (κ1) is 35.0. The fourth-order valence-electron chi connectivity index (χ4n) is 7.10. The van der Waals surface area contributed by atoms with E-state index in [0.29, 0.717) is 50.8 Å². The third kappa shape index (κ3) is 8.47. The van der Waals surface area contributed by atoms with E-state index in [-0.39, 0.29) is 17.8 Å². The summed E-state index contributed by atoms with van der Waals surface area (Å²) in [7, 11) is 0. The molecule has 0 radical (unpaired) electrons. The molecule has 1 unspecified atom stereocenters. The fourth-order valence-corrected chi connectivity index (χ4v) is 7.10. The summed E-state index contributed by atoms with van der Waals surface area (Å²) in [6.45, 7) is 8.53. The SMILES string of the molecule is CCOC(=O)C1CCN(c2cc(C)ccc2Cn2ccnc2NC(=O)C2CN(CCCNc3ccccn3)C[C@H]2c2ccc(F)cc2F)CC1. The highest BCUT2D eigenvalue weighted by molar-refractivity contribution is 5.92. The molecule has 2 aliphatic rings. The van der Waals surface area contributed by atoms with Gasteiger partial charge in [0.05, 0.1) is 25.0 Å². The Bertz CT molecular complexity index is 1760. The van der Waals surface area contributed by atoms with Crippen LogP contribution in [0.3, 0.4) is 0 Å². The van der Waals surface area contributed by atoms with Gasteiger partial charge in [-0.3, -0.25) is 14.9 Å². The number of amides is 1. The number of anilines is 3. The van der Waals surface area contributed by atoms with E-state index in [1.54, 1.807) is 12.4 Å². The number of aromatic nitrogens is 3. The molecule has 0 bridgehead atoms. The normalized spacial score (nSPS) is 18.3. The van der Waals surface area contributed by atoms with Crippen LogP contribution in [0.1, 0.15) is 48.8 Å². The van der Waals surface area contributed by atoms with Gasteiger partial charge in [0.25, 0.3) is 0 Å². The zero-order valence-electron chi connectivity index (χ0n) is 28.7. The lowest BCUT2D eigenvalue weighted by Crippen LogP contribution is -2.37. The van der Waals surface area contributed by atoms with Crippen molar-refractivity contribution >= 4 is 29.3 Å². The van der Waals surface area contributed by atoms with Gasteiger partial charge < -0.3 is 24.4 Å². The summed E-state index contributed by atoms with van der Waals surface area (Å²) >= 11 is 0. The number of aryl methyl sites for hydroxylation is 1. The number of carbonyl (C=O) groups is 2. The molecule has 0 aliphatic carbocycles. The maximum atomic E-state index is 15.1. The number of hydrogen-bond donors (Lipinski definition) is 2. The van der Waals surface area contributed by atoms with Crippen LogP contribution in [0.4, 0.5) is 26.2 Å². The molecule has 4 heterocycles. The highest BCUT2D eigenvalue weighted by Gasteiger charge is 2.40. The first-order valence-electron chi connectivity index (χ1n) is 17.4. The summed E-state index contributed by atoms with van der Waals surface area (Å²) in [4.78, 5) is 39.5. The zero-order valence-corrected chi connectivity index (χ0v) is 28.7. The molecular weight excluding hydrogens is 640 g/mol. The maximum Gasteiger partial charge on any atom is 0.309 e. The standard InChI is InChI=1S/C38H45F2N7O3/c1-3-50-37(49)27-12-18-46(19-13-27)34-21-26(2)8-9-28(34)23-47-20-16-43-38(47)44-36(48)32-25-45(17-6-15-42-35-7-4-5-14-41-35)24-31(32)30-11-10-29(39)22-33(30)40/h4-5,7-11,14,16,20-22,27,31-32H,3,6,12-13,15,17-19,23-25H2,1-2H3,(H,41,42)(H,43,44,48)/t31-,32?/m0/s1. The second kappa shape index (κ2) is 16.2. The summed E-state index contributed by atoms with van der Waals surface area (Å²) in [5.74, 6) is -1.59. The number of ether oxygens (including phenoxy) is 1. The molecular formula is C38H45F2N7O3. The smallest absolute Gasteiger partial charge is 0.309 e. The molecule has 0 spiro atoms. The Balaban J connectivity index is 1.14. The Kier molecular flexibility index (Phi) is 11.4.